The molecular weight excluding hydrogens is 250 g/mol. The monoisotopic (exact) mass is 265 g/mol. The lowest BCUT2D eigenvalue weighted by Gasteiger charge is -2.25. The molecule has 1 aromatic carbocycles. The van der Waals surface area contributed by atoms with E-state index in [1.807, 2.05) is 19.1 Å². The second kappa shape index (κ2) is 5.30. The molecule has 0 N–H and O–H groups in total. The van der Waals surface area contributed by atoms with Crippen molar-refractivity contribution in [2.45, 2.75) is 32.3 Å². The molecule has 100 valence electrons. The summed E-state index contributed by atoms with van der Waals surface area (Å²) >= 11 is 0. The van der Waals surface area contributed by atoms with Gasteiger partial charge in [-0.25, -0.2) is 4.98 Å². The van der Waals surface area contributed by atoms with Gasteiger partial charge in [-0.3, -0.25) is 0 Å². The van der Waals surface area contributed by atoms with Crippen LogP contribution in [0.5, 0.6) is 6.01 Å². The minimum absolute atomic E-state index is 0.0201. The van der Waals surface area contributed by atoms with Crippen LogP contribution in [0.4, 0.5) is 0 Å². The summed E-state index contributed by atoms with van der Waals surface area (Å²) in [6.45, 7) is 1.84. The summed E-state index contributed by atoms with van der Waals surface area (Å²) in [5.74, 6) is 0. The number of hydrogen-bond donors (Lipinski definition) is 0. The van der Waals surface area contributed by atoms with Gasteiger partial charge in [-0.1, -0.05) is 24.3 Å². The van der Waals surface area contributed by atoms with Crippen LogP contribution < -0.4 is 4.74 Å². The zero-order valence-corrected chi connectivity index (χ0v) is 11.3. The summed E-state index contributed by atoms with van der Waals surface area (Å²) < 4.78 is 5.93. The third-order valence-electron chi connectivity index (χ3n) is 3.51. The minimum Gasteiger partial charge on any atom is -0.455 e. The zero-order chi connectivity index (χ0) is 13.9. The number of nitriles is 1. The van der Waals surface area contributed by atoms with Crippen molar-refractivity contribution in [3.05, 3.63) is 52.8 Å². The smallest absolute Gasteiger partial charge is 0.318 e. The summed E-state index contributed by atoms with van der Waals surface area (Å²) in [6, 6.07) is 12.3. The van der Waals surface area contributed by atoms with E-state index in [4.69, 9.17) is 10.00 Å². The fourth-order valence-electron chi connectivity index (χ4n) is 2.61. The molecule has 1 aliphatic carbocycles. The number of nitrogens with zero attached hydrogens (tertiary/aromatic N) is 3. The van der Waals surface area contributed by atoms with Gasteiger partial charge in [0, 0.05) is 5.69 Å². The van der Waals surface area contributed by atoms with E-state index in [2.05, 4.69) is 28.2 Å². The topological polar surface area (TPSA) is 58.8 Å². The molecule has 1 unspecified atom stereocenters. The average molecular weight is 265 g/mol. The van der Waals surface area contributed by atoms with Crippen molar-refractivity contribution in [1.29, 1.82) is 5.26 Å². The van der Waals surface area contributed by atoms with Crippen molar-refractivity contribution >= 4 is 0 Å². The number of rotatable bonds is 2. The second-order valence-corrected chi connectivity index (χ2v) is 4.99. The maximum absolute atomic E-state index is 8.95. The lowest BCUT2D eigenvalue weighted by molar-refractivity contribution is 0.167. The van der Waals surface area contributed by atoms with Crippen molar-refractivity contribution in [3.63, 3.8) is 0 Å². The maximum atomic E-state index is 8.95. The molecule has 0 bridgehead atoms. The van der Waals surface area contributed by atoms with Crippen molar-refractivity contribution in [3.8, 4) is 12.1 Å². The molecule has 2 aromatic rings. The first-order valence-electron chi connectivity index (χ1n) is 6.76. The molecule has 1 heterocycles. The Hall–Kier alpha value is -2.41. The number of benzene rings is 1. The van der Waals surface area contributed by atoms with Gasteiger partial charge in [-0.15, -0.1) is 0 Å². The molecule has 0 saturated heterocycles. The van der Waals surface area contributed by atoms with E-state index in [1.54, 1.807) is 6.07 Å². The number of hydrogen-bond acceptors (Lipinski definition) is 4. The van der Waals surface area contributed by atoms with E-state index in [0.29, 0.717) is 11.7 Å². The first kappa shape index (κ1) is 12.6. The number of aryl methyl sites for hydroxylation is 2. The van der Waals surface area contributed by atoms with Crippen LogP contribution in [0.1, 0.15) is 41.5 Å². The predicted octanol–water partition coefficient (Wildman–Crippen LogP) is 3.11. The molecule has 1 aromatic heterocycles. The first-order valence-corrected chi connectivity index (χ1v) is 6.76. The number of aromatic nitrogens is 2. The van der Waals surface area contributed by atoms with Crippen LogP contribution >= 0.6 is 0 Å². The lowest BCUT2D eigenvalue weighted by Crippen LogP contribution is -2.16. The molecule has 1 atom stereocenters. The Morgan fingerprint density at radius 3 is 3.00 bits per heavy atom. The molecule has 0 spiro atoms. The maximum Gasteiger partial charge on any atom is 0.318 e. The highest BCUT2D eigenvalue weighted by molar-refractivity contribution is 5.32. The summed E-state index contributed by atoms with van der Waals surface area (Å²) in [5.41, 5.74) is 3.63. The van der Waals surface area contributed by atoms with E-state index in [9.17, 15) is 0 Å². The first-order chi connectivity index (χ1) is 9.76. The predicted molar refractivity (Wildman–Crippen MR) is 74.2 cm³/mol. The number of ether oxygens (including phenoxy) is 1. The average Bonchev–Trinajstić information content (AvgIpc) is 2.47. The summed E-state index contributed by atoms with van der Waals surface area (Å²) in [5, 5.41) is 8.95. The van der Waals surface area contributed by atoms with Crippen LogP contribution in [0, 0.1) is 18.3 Å². The van der Waals surface area contributed by atoms with Crippen LogP contribution in [-0.2, 0) is 6.42 Å². The van der Waals surface area contributed by atoms with Crippen molar-refractivity contribution in [1.82, 2.24) is 9.97 Å². The van der Waals surface area contributed by atoms with E-state index >= 15 is 0 Å². The van der Waals surface area contributed by atoms with Crippen LogP contribution in [0.15, 0.2) is 30.3 Å². The van der Waals surface area contributed by atoms with Gasteiger partial charge >= 0.3 is 6.01 Å². The van der Waals surface area contributed by atoms with Gasteiger partial charge in [0.05, 0.1) is 0 Å². The van der Waals surface area contributed by atoms with Crippen molar-refractivity contribution in [2.24, 2.45) is 0 Å². The molecule has 3 rings (SSSR count). The third-order valence-corrected chi connectivity index (χ3v) is 3.51. The van der Waals surface area contributed by atoms with Gasteiger partial charge in [-0.05, 0) is 43.4 Å². The Morgan fingerprint density at radius 1 is 1.30 bits per heavy atom. The molecule has 0 radical (unpaired) electrons. The van der Waals surface area contributed by atoms with Gasteiger partial charge in [-0.2, -0.15) is 10.2 Å². The minimum atomic E-state index is -0.0201. The summed E-state index contributed by atoms with van der Waals surface area (Å²) in [4.78, 5) is 8.39. The van der Waals surface area contributed by atoms with E-state index in [1.165, 1.54) is 11.1 Å². The molecule has 1 aliphatic rings. The van der Waals surface area contributed by atoms with Gasteiger partial charge in [0.1, 0.15) is 17.9 Å². The van der Waals surface area contributed by atoms with Crippen LogP contribution in [-0.4, -0.2) is 9.97 Å². The van der Waals surface area contributed by atoms with Crippen LogP contribution in [0.2, 0.25) is 0 Å². The highest BCUT2D eigenvalue weighted by Gasteiger charge is 2.22. The Kier molecular flexibility index (Phi) is 3.34. The standard InChI is InChI=1S/C16H15N3O/c1-11-9-13(10-17)19-16(18-11)20-15-8-4-6-12-5-2-3-7-14(12)15/h2-3,5,7,9,15H,4,6,8H2,1H3. The van der Waals surface area contributed by atoms with Crippen molar-refractivity contribution < 1.29 is 4.74 Å². The zero-order valence-electron chi connectivity index (χ0n) is 11.3. The fraction of sp³-hybridized carbons (Fsp3) is 0.312. The normalized spacial score (nSPS) is 17.1. The molecule has 0 saturated carbocycles. The second-order valence-electron chi connectivity index (χ2n) is 4.99. The van der Waals surface area contributed by atoms with E-state index < -0.39 is 0 Å². The molecule has 4 heteroatoms. The van der Waals surface area contributed by atoms with Gasteiger partial charge in [0.15, 0.2) is 0 Å². The quantitative estimate of drug-likeness (QED) is 0.837. The molecule has 0 aliphatic heterocycles. The fourth-order valence-corrected chi connectivity index (χ4v) is 2.61. The number of fused-ring (bicyclic) bond motifs is 1. The van der Waals surface area contributed by atoms with E-state index in [-0.39, 0.29) is 6.10 Å². The SMILES string of the molecule is Cc1cc(C#N)nc(OC2CCCc3ccccc32)n1. The highest BCUT2D eigenvalue weighted by atomic mass is 16.5. The van der Waals surface area contributed by atoms with Crippen LogP contribution in [0.25, 0.3) is 0 Å². The molecular formula is C16H15N3O. The van der Waals surface area contributed by atoms with E-state index in [0.717, 1.165) is 25.0 Å². The summed E-state index contributed by atoms with van der Waals surface area (Å²) in [7, 11) is 0. The Morgan fingerprint density at radius 2 is 2.15 bits per heavy atom. The Labute approximate surface area is 118 Å². The third kappa shape index (κ3) is 2.48. The van der Waals surface area contributed by atoms with Crippen LogP contribution in [0.3, 0.4) is 0 Å². The molecule has 0 amide bonds. The molecule has 4 nitrogen and oxygen atoms in total. The van der Waals surface area contributed by atoms with Gasteiger partial charge in [0.25, 0.3) is 0 Å². The van der Waals surface area contributed by atoms with Gasteiger partial charge < -0.3 is 4.74 Å². The van der Waals surface area contributed by atoms with Gasteiger partial charge in [0.2, 0.25) is 0 Å². The lowest BCUT2D eigenvalue weighted by atomic mass is 9.89. The molecule has 20 heavy (non-hydrogen) atoms. The Bertz CT molecular complexity index is 676. The van der Waals surface area contributed by atoms with Crippen molar-refractivity contribution in [2.75, 3.05) is 0 Å². The Balaban J connectivity index is 1.89. The molecule has 0 fully saturated rings. The largest absolute Gasteiger partial charge is 0.455 e. The summed E-state index contributed by atoms with van der Waals surface area (Å²) in [6.07, 6.45) is 3.12. The highest BCUT2D eigenvalue weighted by Crippen LogP contribution is 2.32.